The third-order valence-electron chi connectivity index (χ3n) is 3.62. The summed E-state index contributed by atoms with van der Waals surface area (Å²) in [6, 6.07) is 6.24. The van der Waals surface area contributed by atoms with Gasteiger partial charge in [0.25, 0.3) is 0 Å². The molecule has 1 N–H and O–H groups in total. The molecule has 0 saturated heterocycles. The molecule has 4 nitrogen and oxygen atoms in total. The fourth-order valence-corrected chi connectivity index (χ4v) is 2.55. The average Bonchev–Trinajstić information content (AvgIpc) is 2.82. The first-order chi connectivity index (χ1) is 10.3. The average molecular weight is 289 g/mol. The van der Waals surface area contributed by atoms with Crippen LogP contribution in [0.5, 0.6) is 5.75 Å². The normalized spacial score (nSPS) is 11.2. The van der Waals surface area contributed by atoms with E-state index in [1.807, 2.05) is 13.0 Å². The molecule has 1 aromatic heterocycles. The van der Waals surface area contributed by atoms with Crippen LogP contribution in [-0.2, 0) is 13.0 Å². The quantitative estimate of drug-likeness (QED) is 0.719. The van der Waals surface area contributed by atoms with Gasteiger partial charge in [0.1, 0.15) is 11.6 Å². The third-order valence-corrected chi connectivity index (χ3v) is 3.62. The molecule has 0 aliphatic rings. The van der Waals surface area contributed by atoms with E-state index in [2.05, 4.69) is 35.9 Å². The molecule has 0 aliphatic carbocycles. The summed E-state index contributed by atoms with van der Waals surface area (Å²) < 4.78 is 7.95. The Morgan fingerprint density at radius 1 is 1.24 bits per heavy atom. The Bertz CT molecular complexity index is 562. The van der Waals surface area contributed by atoms with Crippen LogP contribution >= 0.6 is 0 Å². The highest BCUT2D eigenvalue weighted by atomic mass is 16.5. The minimum Gasteiger partial charge on any atom is -0.494 e. The molecule has 0 bridgehead atoms. The predicted molar refractivity (Wildman–Crippen MR) is 88.1 cm³/mol. The molecule has 0 amide bonds. The number of likely N-dealkylation sites (N-methyl/N-ethyl adjacent to an activating group) is 1. The molecule has 21 heavy (non-hydrogen) atoms. The number of aryl methyl sites for hydroxylation is 1. The van der Waals surface area contributed by atoms with Crippen molar-refractivity contribution in [2.24, 2.45) is 0 Å². The van der Waals surface area contributed by atoms with Gasteiger partial charge in [0, 0.05) is 25.6 Å². The van der Waals surface area contributed by atoms with Crippen LogP contribution in [0.2, 0.25) is 0 Å². The van der Waals surface area contributed by atoms with Crippen LogP contribution in [0.3, 0.4) is 0 Å². The van der Waals surface area contributed by atoms with Gasteiger partial charge in [-0.15, -0.1) is 0 Å². The van der Waals surface area contributed by atoms with Gasteiger partial charge in [-0.25, -0.2) is 4.98 Å². The fourth-order valence-electron chi connectivity index (χ4n) is 2.55. The Hall–Kier alpha value is -1.55. The zero-order valence-corrected chi connectivity index (χ0v) is 13.5. The van der Waals surface area contributed by atoms with E-state index in [-0.39, 0.29) is 0 Å². The maximum atomic E-state index is 5.58. The van der Waals surface area contributed by atoms with Crippen LogP contribution in [0.25, 0.3) is 11.0 Å². The Balaban J connectivity index is 2.29. The standard InChI is InChI=1S/C17H27N3O/c1-4-7-12-20-16-9-8-14(21-6-3)13-15(16)19-17(20)10-11-18-5-2/h8-9,13,18H,4-7,10-12H2,1-3H3. The van der Waals surface area contributed by atoms with Crippen molar-refractivity contribution in [1.29, 1.82) is 0 Å². The van der Waals surface area contributed by atoms with Crippen molar-refractivity contribution >= 4 is 11.0 Å². The van der Waals surface area contributed by atoms with E-state index in [9.17, 15) is 0 Å². The number of unbranched alkanes of at least 4 members (excludes halogenated alkanes) is 1. The Labute approximate surface area is 127 Å². The van der Waals surface area contributed by atoms with Gasteiger partial charge in [0.15, 0.2) is 0 Å². The van der Waals surface area contributed by atoms with Gasteiger partial charge in [-0.2, -0.15) is 0 Å². The molecule has 0 aliphatic heterocycles. The lowest BCUT2D eigenvalue weighted by Crippen LogP contribution is -2.18. The van der Waals surface area contributed by atoms with Crippen LogP contribution < -0.4 is 10.1 Å². The predicted octanol–water partition coefficient (Wildman–Crippen LogP) is 3.39. The zero-order valence-electron chi connectivity index (χ0n) is 13.5. The lowest BCUT2D eigenvalue weighted by Gasteiger charge is -2.09. The van der Waals surface area contributed by atoms with Crippen molar-refractivity contribution < 1.29 is 4.74 Å². The molecule has 0 atom stereocenters. The molecular formula is C17H27N3O. The minimum atomic E-state index is 0.690. The van der Waals surface area contributed by atoms with Gasteiger partial charge < -0.3 is 14.6 Å². The van der Waals surface area contributed by atoms with Crippen molar-refractivity contribution in [3.63, 3.8) is 0 Å². The van der Waals surface area contributed by atoms with Crippen molar-refractivity contribution in [3.8, 4) is 5.75 Å². The van der Waals surface area contributed by atoms with Gasteiger partial charge in [-0.05, 0) is 32.0 Å². The summed E-state index contributed by atoms with van der Waals surface area (Å²) in [6.45, 7) is 10.1. The minimum absolute atomic E-state index is 0.690. The number of rotatable bonds is 9. The highest BCUT2D eigenvalue weighted by Gasteiger charge is 2.11. The topological polar surface area (TPSA) is 39.1 Å². The molecule has 2 aromatic rings. The van der Waals surface area contributed by atoms with Crippen LogP contribution in [-0.4, -0.2) is 29.2 Å². The number of nitrogens with one attached hydrogen (secondary N) is 1. The number of hydrogen-bond acceptors (Lipinski definition) is 3. The second kappa shape index (κ2) is 8.03. The highest BCUT2D eigenvalue weighted by Crippen LogP contribution is 2.23. The Morgan fingerprint density at radius 2 is 2.10 bits per heavy atom. The van der Waals surface area contributed by atoms with Crippen LogP contribution in [0.4, 0.5) is 0 Å². The molecule has 0 radical (unpaired) electrons. The maximum absolute atomic E-state index is 5.58. The molecule has 0 fully saturated rings. The molecule has 1 heterocycles. The van der Waals surface area contributed by atoms with Crippen LogP contribution in [0.15, 0.2) is 18.2 Å². The van der Waals surface area contributed by atoms with Crippen LogP contribution in [0.1, 0.15) is 39.4 Å². The van der Waals surface area contributed by atoms with E-state index in [0.717, 1.165) is 37.3 Å². The summed E-state index contributed by atoms with van der Waals surface area (Å²) in [6.07, 6.45) is 3.35. The summed E-state index contributed by atoms with van der Waals surface area (Å²) >= 11 is 0. The highest BCUT2D eigenvalue weighted by molar-refractivity contribution is 5.77. The monoisotopic (exact) mass is 289 g/mol. The van der Waals surface area contributed by atoms with E-state index in [4.69, 9.17) is 9.72 Å². The lowest BCUT2D eigenvalue weighted by atomic mass is 10.2. The first-order valence-corrected chi connectivity index (χ1v) is 8.12. The lowest BCUT2D eigenvalue weighted by molar-refractivity contribution is 0.340. The van der Waals surface area contributed by atoms with Gasteiger partial charge in [0.05, 0.1) is 17.6 Å². The number of fused-ring (bicyclic) bond motifs is 1. The second-order valence-corrected chi connectivity index (χ2v) is 5.22. The number of aromatic nitrogens is 2. The number of imidazole rings is 1. The van der Waals surface area contributed by atoms with E-state index in [1.54, 1.807) is 0 Å². The molecule has 0 saturated carbocycles. The SMILES string of the molecule is CCCCn1c(CCNCC)nc2cc(OCC)ccc21. The smallest absolute Gasteiger partial charge is 0.121 e. The summed E-state index contributed by atoms with van der Waals surface area (Å²) in [5.41, 5.74) is 2.27. The van der Waals surface area contributed by atoms with Gasteiger partial charge in [-0.3, -0.25) is 0 Å². The van der Waals surface area contributed by atoms with Gasteiger partial charge >= 0.3 is 0 Å². The third kappa shape index (κ3) is 3.97. The maximum Gasteiger partial charge on any atom is 0.121 e. The summed E-state index contributed by atoms with van der Waals surface area (Å²) in [4.78, 5) is 4.82. The van der Waals surface area contributed by atoms with Gasteiger partial charge in [-0.1, -0.05) is 20.3 Å². The number of ether oxygens (including phenoxy) is 1. The molecule has 1 aromatic carbocycles. The number of benzene rings is 1. The van der Waals surface area contributed by atoms with E-state index < -0.39 is 0 Å². The first-order valence-electron chi connectivity index (χ1n) is 8.12. The van der Waals surface area contributed by atoms with Gasteiger partial charge in [0.2, 0.25) is 0 Å². The molecule has 116 valence electrons. The second-order valence-electron chi connectivity index (χ2n) is 5.22. The van der Waals surface area contributed by atoms with Crippen molar-refractivity contribution in [1.82, 2.24) is 14.9 Å². The molecule has 0 unspecified atom stereocenters. The number of nitrogens with zero attached hydrogens (tertiary/aromatic N) is 2. The zero-order chi connectivity index (χ0) is 15.1. The van der Waals surface area contributed by atoms with Crippen molar-refractivity contribution in [2.45, 2.75) is 46.6 Å². The Kier molecular flexibility index (Phi) is 6.05. The van der Waals surface area contributed by atoms with E-state index in [1.165, 1.54) is 24.2 Å². The first kappa shape index (κ1) is 15.8. The van der Waals surface area contributed by atoms with Crippen LogP contribution in [0, 0.1) is 0 Å². The summed E-state index contributed by atoms with van der Waals surface area (Å²) in [7, 11) is 0. The largest absolute Gasteiger partial charge is 0.494 e. The fraction of sp³-hybridized carbons (Fsp3) is 0.588. The Morgan fingerprint density at radius 3 is 2.81 bits per heavy atom. The van der Waals surface area contributed by atoms with Crippen molar-refractivity contribution in [2.75, 3.05) is 19.7 Å². The molecular weight excluding hydrogens is 262 g/mol. The molecule has 4 heteroatoms. The summed E-state index contributed by atoms with van der Waals surface area (Å²) in [5.74, 6) is 2.08. The van der Waals surface area contributed by atoms with E-state index in [0.29, 0.717) is 6.61 Å². The summed E-state index contributed by atoms with van der Waals surface area (Å²) in [5, 5.41) is 3.38. The molecule has 0 spiro atoms. The van der Waals surface area contributed by atoms with E-state index >= 15 is 0 Å². The molecule has 2 rings (SSSR count). The number of hydrogen-bond donors (Lipinski definition) is 1. The van der Waals surface area contributed by atoms with Crippen molar-refractivity contribution in [3.05, 3.63) is 24.0 Å².